The van der Waals surface area contributed by atoms with Gasteiger partial charge in [-0.1, -0.05) is 81.0 Å². The van der Waals surface area contributed by atoms with Crippen molar-refractivity contribution in [2.24, 2.45) is 5.92 Å². The zero-order valence-corrected chi connectivity index (χ0v) is 20.1. The van der Waals surface area contributed by atoms with Gasteiger partial charge in [-0.2, -0.15) is 0 Å². The van der Waals surface area contributed by atoms with Crippen LogP contribution in [-0.4, -0.2) is 0 Å². The predicted octanol–water partition coefficient (Wildman–Crippen LogP) is 9.27. The highest BCUT2D eigenvalue weighted by molar-refractivity contribution is 5.65. The fourth-order valence-corrected chi connectivity index (χ4v) is 5.03. The molecule has 0 bridgehead atoms. The number of allylic oxidation sites excluding steroid dienone is 1. The van der Waals surface area contributed by atoms with Gasteiger partial charge in [0.15, 0.2) is 11.6 Å². The van der Waals surface area contributed by atoms with Crippen LogP contribution >= 0.6 is 0 Å². The summed E-state index contributed by atoms with van der Waals surface area (Å²) in [5, 5.41) is 0. The van der Waals surface area contributed by atoms with Crippen molar-refractivity contribution < 1.29 is 13.2 Å². The molecule has 0 heterocycles. The van der Waals surface area contributed by atoms with Crippen LogP contribution in [0.4, 0.5) is 13.2 Å². The average Bonchev–Trinajstić information content (AvgIpc) is 2.86. The number of aryl methyl sites for hydroxylation is 2. The van der Waals surface area contributed by atoms with E-state index in [1.54, 1.807) is 18.2 Å². The van der Waals surface area contributed by atoms with Gasteiger partial charge in [0.1, 0.15) is 5.82 Å². The number of halogens is 3. The standard InChI is InChI=1S/C31H33F3/c1-3-5-22-7-12-24(13-8-22)27-18-19-28(31(34)30(27)33)25-14-9-23(10-15-25)11-17-26-16-6-21(4-2)20-29(26)32/h6-8,11-13,16-20,23,25H,3-5,9-10,14-15H2,1-2H3. The van der Waals surface area contributed by atoms with E-state index in [0.29, 0.717) is 28.2 Å². The van der Waals surface area contributed by atoms with Gasteiger partial charge in [0, 0.05) is 11.1 Å². The van der Waals surface area contributed by atoms with Crippen LogP contribution in [0.15, 0.2) is 60.7 Å². The summed E-state index contributed by atoms with van der Waals surface area (Å²) in [6, 6.07) is 16.6. The third kappa shape index (κ3) is 5.46. The van der Waals surface area contributed by atoms with Crippen molar-refractivity contribution in [2.75, 3.05) is 0 Å². The summed E-state index contributed by atoms with van der Waals surface area (Å²) in [6.07, 6.45) is 10.2. The molecule has 1 aliphatic rings. The minimum atomic E-state index is -0.756. The van der Waals surface area contributed by atoms with Crippen molar-refractivity contribution >= 4 is 6.08 Å². The zero-order chi connectivity index (χ0) is 24.1. The van der Waals surface area contributed by atoms with Gasteiger partial charge < -0.3 is 0 Å². The molecule has 0 aliphatic heterocycles. The van der Waals surface area contributed by atoms with E-state index in [1.807, 2.05) is 49.4 Å². The first-order chi connectivity index (χ1) is 16.5. The Kier molecular flexibility index (Phi) is 7.92. The molecule has 0 aromatic heterocycles. The molecule has 1 saturated carbocycles. The lowest BCUT2D eigenvalue weighted by Gasteiger charge is -2.27. The molecule has 4 rings (SSSR count). The van der Waals surface area contributed by atoms with Gasteiger partial charge in [0.05, 0.1) is 0 Å². The maximum Gasteiger partial charge on any atom is 0.166 e. The van der Waals surface area contributed by atoms with E-state index in [2.05, 4.69) is 13.0 Å². The number of hydrogen-bond donors (Lipinski definition) is 0. The van der Waals surface area contributed by atoms with Crippen molar-refractivity contribution in [3.8, 4) is 11.1 Å². The van der Waals surface area contributed by atoms with Gasteiger partial charge in [-0.15, -0.1) is 0 Å². The lowest BCUT2D eigenvalue weighted by molar-refractivity contribution is 0.365. The summed E-state index contributed by atoms with van der Waals surface area (Å²) in [4.78, 5) is 0. The largest absolute Gasteiger partial charge is 0.206 e. The summed E-state index contributed by atoms with van der Waals surface area (Å²) >= 11 is 0. The van der Waals surface area contributed by atoms with E-state index in [9.17, 15) is 4.39 Å². The Labute approximate surface area is 201 Å². The van der Waals surface area contributed by atoms with Crippen molar-refractivity contribution in [1.29, 1.82) is 0 Å². The summed E-state index contributed by atoms with van der Waals surface area (Å²) < 4.78 is 44.3. The van der Waals surface area contributed by atoms with Gasteiger partial charge in [-0.05, 0) is 78.7 Å². The maximum absolute atomic E-state index is 15.1. The van der Waals surface area contributed by atoms with Crippen molar-refractivity contribution in [3.05, 3.63) is 100 Å². The third-order valence-corrected chi connectivity index (χ3v) is 7.15. The topological polar surface area (TPSA) is 0 Å². The number of hydrogen-bond acceptors (Lipinski definition) is 0. The summed E-state index contributed by atoms with van der Waals surface area (Å²) in [6.45, 7) is 4.13. The highest BCUT2D eigenvalue weighted by Gasteiger charge is 2.25. The van der Waals surface area contributed by atoms with Crippen molar-refractivity contribution in [3.63, 3.8) is 0 Å². The van der Waals surface area contributed by atoms with Crippen LogP contribution < -0.4 is 0 Å². The van der Waals surface area contributed by atoms with Crippen molar-refractivity contribution in [1.82, 2.24) is 0 Å². The molecule has 3 heteroatoms. The monoisotopic (exact) mass is 462 g/mol. The number of rotatable bonds is 7. The average molecular weight is 463 g/mol. The quantitative estimate of drug-likeness (QED) is 0.328. The Balaban J connectivity index is 1.41. The Morgan fingerprint density at radius 1 is 0.794 bits per heavy atom. The summed E-state index contributed by atoms with van der Waals surface area (Å²) in [7, 11) is 0. The van der Waals surface area contributed by atoms with E-state index in [-0.39, 0.29) is 11.7 Å². The van der Waals surface area contributed by atoms with Gasteiger partial charge >= 0.3 is 0 Å². The molecule has 3 aromatic carbocycles. The molecular weight excluding hydrogens is 429 g/mol. The molecule has 0 amide bonds. The highest BCUT2D eigenvalue weighted by atomic mass is 19.2. The smallest absolute Gasteiger partial charge is 0.166 e. The van der Waals surface area contributed by atoms with Crippen LogP contribution in [0.2, 0.25) is 0 Å². The van der Waals surface area contributed by atoms with E-state index in [4.69, 9.17) is 0 Å². The van der Waals surface area contributed by atoms with Gasteiger partial charge in [0.2, 0.25) is 0 Å². The zero-order valence-electron chi connectivity index (χ0n) is 20.1. The second kappa shape index (κ2) is 11.1. The maximum atomic E-state index is 15.1. The molecule has 0 unspecified atom stereocenters. The minimum absolute atomic E-state index is 0.0145. The Hall–Kier alpha value is -2.81. The van der Waals surface area contributed by atoms with Crippen LogP contribution in [-0.2, 0) is 12.8 Å². The molecule has 0 nitrogen and oxygen atoms in total. The van der Waals surface area contributed by atoms with Crippen molar-refractivity contribution in [2.45, 2.75) is 64.7 Å². The van der Waals surface area contributed by atoms with Crippen LogP contribution in [0.3, 0.4) is 0 Å². The van der Waals surface area contributed by atoms with Crippen LogP contribution in [0, 0.1) is 23.4 Å². The van der Waals surface area contributed by atoms with Crippen LogP contribution in [0.1, 0.15) is 74.1 Å². The Morgan fingerprint density at radius 2 is 1.50 bits per heavy atom. The predicted molar refractivity (Wildman–Crippen MR) is 135 cm³/mol. The Morgan fingerprint density at radius 3 is 2.15 bits per heavy atom. The van der Waals surface area contributed by atoms with E-state index < -0.39 is 11.6 Å². The molecule has 1 fully saturated rings. The first-order valence-corrected chi connectivity index (χ1v) is 12.5. The first kappa shape index (κ1) is 24.3. The van der Waals surface area contributed by atoms with Crippen LogP contribution in [0.5, 0.6) is 0 Å². The lowest BCUT2D eigenvalue weighted by atomic mass is 9.78. The Bertz CT molecular complexity index is 1140. The summed E-state index contributed by atoms with van der Waals surface area (Å²) in [5.74, 6) is -1.32. The second-order valence-corrected chi connectivity index (χ2v) is 9.46. The van der Waals surface area contributed by atoms with Gasteiger partial charge in [0.25, 0.3) is 0 Å². The second-order valence-electron chi connectivity index (χ2n) is 9.46. The molecule has 178 valence electrons. The van der Waals surface area contributed by atoms with E-state index >= 15 is 8.78 Å². The molecule has 0 spiro atoms. The first-order valence-electron chi connectivity index (χ1n) is 12.5. The van der Waals surface area contributed by atoms with Crippen LogP contribution in [0.25, 0.3) is 17.2 Å². The fourth-order valence-electron chi connectivity index (χ4n) is 5.03. The normalized spacial score (nSPS) is 18.5. The third-order valence-electron chi connectivity index (χ3n) is 7.15. The molecule has 34 heavy (non-hydrogen) atoms. The fraction of sp³-hybridized carbons (Fsp3) is 0.355. The molecule has 3 aromatic rings. The highest BCUT2D eigenvalue weighted by Crippen LogP contribution is 2.39. The molecule has 1 aliphatic carbocycles. The molecule has 0 radical (unpaired) electrons. The van der Waals surface area contributed by atoms with Gasteiger partial charge in [-0.3, -0.25) is 0 Å². The van der Waals surface area contributed by atoms with E-state index in [0.717, 1.165) is 50.5 Å². The number of benzene rings is 3. The minimum Gasteiger partial charge on any atom is -0.206 e. The van der Waals surface area contributed by atoms with E-state index in [1.165, 1.54) is 5.56 Å². The molecule has 0 atom stereocenters. The molecule has 0 N–H and O–H groups in total. The lowest BCUT2D eigenvalue weighted by Crippen LogP contribution is -2.13. The SMILES string of the molecule is CCCc1ccc(-c2ccc(C3CCC(C=Cc4ccc(CC)cc4F)CC3)c(F)c2F)cc1. The van der Waals surface area contributed by atoms with Gasteiger partial charge in [-0.25, -0.2) is 13.2 Å². The summed E-state index contributed by atoms with van der Waals surface area (Å²) in [5.41, 5.74) is 4.30. The molecular formula is C31H33F3. The molecule has 0 saturated heterocycles.